The van der Waals surface area contributed by atoms with Gasteiger partial charge in [0.05, 0.1) is 0 Å². The summed E-state index contributed by atoms with van der Waals surface area (Å²) in [7, 11) is 0. The first-order valence-corrected chi connectivity index (χ1v) is 5.56. The van der Waals surface area contributed by atoms with Gasteiger partial charge in [-0.05, 0) is 19.8 Å². The van der Waals surface area contributed by atoms with Gasteiger partial charge in [0.25, 0.3) is 0 Å². The predicted molar refractivity (Wildman–Crippen MR) is 55.6 cm³/mol. The highest BCUT2D eigenvalue weighted by Gasteiger charge is 2.65. The molecule has 0 aliphatic carbocycles. The highest BCUT2D eigenvalue weighted by molar-refractivity contribution is 5.87. The maximum Gasteiger partial charge on any atom is 0.469 e. The topological polar surface area (TPSA) is 26.3 Å². The normalized spacial score (nSPS) is 14.7. The molecular weight excluding hydrogens is 316 g/mol. The summed E-state index contributed by atoms with van der Waals surface area (Å²) in [5.74, 6) is -7.33. The van der Waals surface area contributed by atoms with Crippen LogP contribution in [0.2, 0.25) is 0 Å². The zero-order valence-electron chi connectivity index (χ0n) is 10.7. The molecule has 0 N–H and O–H groups in total. The molecule has 0 bridgehead atoms. The van der Waals surface area contributed by atoms with Crippen molar-refractivity contribution in [2.24, 2.45) is 0 Å². The van der Waals surface area contributed by atoms with E-state index < -0.39 is 55.2 Å². The molecule has 0 spiro atoms. The fraction of sp³-hybridized carbons (Fsp3) is 0.727. The molecule has 21 heavy (non-hydrogen) atoms. The molecule has 0 fully saturated rings. The molecule has 0 rings (SSSR count). The first kappa shape index (κ1) is 19.7. The molecule has 0 saturated carbocycles. The van der Waals surface area contributed by atoms with E-state index in [4.69, 9.17) is 0 Å². The summed E-state index contributed by atoms with van der Waals surface area (Å²) in [4.78, 5) is 10.8. The molecule has 0 aliphatic heterocycles. The minimum Gasteiger partial charge on any atom is -0.393 e. The van der Waals surface area contributed by atoms with Crippen molar-refractivity contribution in [3.8, 4) is 0 Å². The Morgan fingerprint density at radius 3 is 2.00 bits per heavy atom. The number of carbonyl (C=O) groups is 1. The molecule has 1 atom stereocenters. The Morgan fingerprint density at radius 2 is 1.62 bits per heavy atom. The molecule has 10 heteroatoms. The first-order chi connectivity index (χ1) is 9.21. The molecule has 0 radical (unpaired) electrons. The van der Waals surface area contributed by atoms with E-state index in [1.807, 2.05) is 0 Å². The lowest BCUT2D eigenvalue weighted by atomic mass is 10.1. The van der Waals surface area contributed by atoms with Crippen molar-refractivity contribution < 1.29 is 44.7 Å². The zero-order chi connectivity index (χ0) is 17.1. The number of alkyl halides is 8. The lowest BCUT2D eigenvalue weighted by molar-refractivity contribution is -0.345. The third kappa shape index (κ3) is 5.88. The Labute approximate surface area is 114 Å². The predicted octanol–water partition coefficient (Wildman–Crippen LogP) is 4.40. The lowest BCUT2D eigenvalue weighted by Crippen LogP contribution is -2.50. The van der Waals surface area contributed by atoms with E-state index >= 15 is 0 Å². The third-order valence-electron chi connectivity index (χ3n) is 2.27. The smallest absolute Gasteiger partial charge is 0.393 e. The van der Waals surface area contributed by atoms with Gasteiger partial charge in [-0.25, -0.2) is 9.18 Å². The van der Waals surface area contributed by atoms with Gasteiger partial charge in [-0.1, -0.05) is 6.58 Å². The Bertz CT molecular complexity index is 388. The second-order valence-electron chi connectivity index (χ2n) is 4.28. The SMILES string of the molecule is C=C(C)C(=O)OC(F)(F)C(F)(F)C(F)CCCC(F)(F)F. The van der Waals surface area contributed by atoms with Gasteiger partial charge >= 0.3 is 24.2 Å². The summed E-state index contributed by atoms with van der Waals surface area (Å²) in [6.45, 7) is 3.77. The van der Waals surface area contributed by atoms with Crippen LogP contribution < -0.4 is 0 Å². The average Bonchev–Trinajstić information content (AvgIpc) is 2.25. The van der Waals surface area contributed by atoms with Gasteiger partial charge in [0.1, 0.15) is 0 Å². The molecule has 2 nitrogen and oxygen atoms in total. The van der Waals surface area contributed by atoms with E-state index in [1.54, 1.807) is 0 Å². The third-order valence-corrected chi connectivity index (χ3v) is 2.27. The Morgan fingerprint density at radius 1 is 1.14 bits per heavy atom. The summed E-state index contributed by atoms with van der Waals surface area (Å²) in [5.41, 5.74) is -0.627. The second kappa shape index (κ2) is 6.61. The van der Waals surface area contributed by atoms with Crippen molar-refractivity contribution in [1.29, 1.82) is 0 Å². The Balaban J connectivity index is 4.76. The van der Waals surface area contributed by atoms with E-state index in [0.717, 1.165) is 6.92 Å². The highest BCUT2D eigenvalue weighted by atomic mass is 19.4. The monoisotopic (exact) mass is 328 g/mol. The second-order valence-corrected chi connectivity index (χ2v) is 4.28. The molecule has 0 saturated heterocycles. The number of carbonyl (C=O) groups excluding carboxylic acids is 1. The minimum absolute atomic E-state index is 0.627. The van der Waals surface area contributed by atoms with Crippen molar-refractivity contribution >= 4 is 5.97 Å². The van der Waals surface area contributed by atoms with Crippen LogP contribution in [0.5, 0.6) is 0 Å². The van der Waals surface area contributed by atoms with Crippen molar-refractivity contribution in [1.82, 2.24) is 0 Å². The van der Waals surface area contributed by atoms with Crippen molar-refractivity contribution in [2.75, 3.05) is 0 Å². The Kier molecular flexibility index (Phi) is 6.18. The van der Waals surface area contributed by atoms with Crippen LogP contribution in [-0.2, 0) is 9.53 Å². The van der Waals surface area contributed by atoms with Crippen LogP contribution in [0.15, 0.2) is 12.2 Å². The van der Waals surface area contributed by atoms with Gasteiger partial charge in [0.2, 0.25) is 0 Å². The van der Waals surface area contributed by atoms with E-state index in [2.05, 4.69) is 11.3 Å². The van der Waals surface area contributed by atoms with E-state index in [9.17, 15) is 39.9 Å². The number of ether oxygens (including phenoxy) is 1. The maximum atomic E-state index is 13.1. The first-order valence-electron chi connectivity index (χ1n) is 5.56. The number of hydrogen-bond donors (Lipinski definition) is 0. The molecule has 0 aromatic heterocycles. The van der Waals surface area contributed by atoms with Crippen LogP contribution >= 0.6 is 0 Å². The minimum atomic E-state index is -5.50. The summed E-state index contributed by atoms with van der Waals surface area (Å²) >= 11 is 0. The van der Waals surface area contributed by atoms with Crippen LogP contribution in [0.1, 0.15) is 26.2 Å². The summed E-state index contributed by atoms with van der Waals surface area (Å²) in [6, 6.07) is 0. The zero-order valence-corrected chi connectivity index (χ0v) is 10.7. The van der Waals surface area contributed by atoms with Gasteiger partial charge in [-0.3, -0.25) is 0 Å². The molecule has 1 unspecified atom stereocenters. The van der Waals surface area contributed by atoms with Crippen molar-refractivity contribution in [3.05, 3.63) is 12.2 Å². The number of halogens is 8. The standard InChI is InChI=1S/C11H12F8O2/c1-6(2)8(20)21-11(18,19)10(16,17)7(12)4-3-5-9(13,14)15/h7H,1,3-5H2,2H3. The summed E-state index contributed by atoms with van der Waals surface area (Å²) in [6.07, 6.45) is -18.0. The van der Waals surface area contributed by atoms with Crippen molar-refractivity contribution in [3.63, 3.8) is 0 Å². The van der Waals surface area contributed by atoms with Crippen LogP contribution in [0.4, 0.5) is 35.1 Å². The molecular formula is C11H12F8O2. The molecule has 0 aromatic carbocycles. The highest BCUT2D eigenvalue weighted by Crippen LogP contribution is 2.41. The van der Waals surface area contributed by atoms with E-state index in [-0.39, 0.29) is 0 Å². The van der Waals surface area contributed by atoms with Gasteiger partial charge < -0.3 is 4.74 Å². The van der Waals surface area contributed by atoms with Gasteiger partial charge in [-0.2, -0.15) is 30.7 Å². The Hall–Kier alpha value is -1.35. The molecule has 124 valence electrons. The number of hydrogen-bond acceptors (Lipinski definition) is 2. The number of rotatable bonds is 7. The van der Waals surface area contributed by atoms with Gasteiger partial charge in [-0.15, -0.1) is 0 Å². The average molecular weight is 328 g/mol. The van der Waals surface area contributed by atoms with Gasteiger partial charge in [0.15, 0.2) is 6.17 Å². The summed E-state index contributed by atoms with van der Waals surface area (Å²) in [5, 5.41) is 0. The molecule has 0 heterocycles. The molecule has 0 aromatic rings. The van der Waals surface area contributed by atoms with Gasteiger partial charge in [0, 0.05) is 12.0 Å². The molecule has 0 aliphatic rings. The maximum absolute atomic E-state index is 13.1. The van der Waals surface area contributed by atoms with Crippen molar-refractivity contribution in [2.45, 2.75) is 50.6 Å². The van der Waals surface area contributed by atoms with Crippen LogP contribution in [-0.4, -0.2) is 30.3 Å². The van der Waals surface area contributed by atoms with E-state index in [1.165, 1.54) is 0 Å². The summed E-state index contributed by atoms with van der Waals surface area (Å²) < 4.78 is 104. The van der Waals surface area contributed by atoms with Crippen LogP contribution in [0.3, 0.4) is 0 Å². The van der Waals surface area contributed by atoms with E-state index in [0.29, 0.717) is 0 Å². The quantitative estimate of drug-likeness (QED) is 0.393. The fourth-order valence-corrected chi connectivity index (χ4v) is 1.12. The van der Waals surface area contributed by atoms with Crippen LogP contribution in [0.25, 0.3) is 0 Å². The van der Waals surface area contributed by atoms with Crippen LogP contribution in [0, 0.1) is 0 Å². The number of esters is 1. The largest absolute Gasteiger partial charge is 0.469 e. The lowest BCUT2D eigenvalue weighted by Gasteiger charge is -2.28. The fourth-order valence-electron chi connectivity index (χ4n) is 1.12. The molecule has 0 amide bonds.